The predicted octanol–water partition coefficient (Wildman–Crippen LogP) is -0.710. The number of rotatable bonds is 5. The van der Waals surface area contributed by atoms with Crippen molar-refractivity contribution in [3.05, 3.63) is 11.9 Å². The number of aliphatic hydroxyl groups is 1. The maximum atomic E-state index is 10.6. The van der Waals surface area contributed by atoms with Crippen molar-refractivity contribution in [2.45, 2.75) is 13.0 Å². The second kappa shape index (κ2) is 5.24. The van der Waals surface area contributed by atoms with Gasteiger partial charge >= 0.3 is 5.97 Å². The van der Waals surface area contributed by atoms with Gasteiger partial charge in [-0.05, 0) is 18.9 Å². The lowest BCUT2D eigenvalue weighted by molar-refractivity contribution is 0.0690. The first-order valence-corrected chi connectivity index (χ1v) is 5.65. The van der Waals surface area contributed by atoms with Gasteiger partial charge < -0.3 is 15.1 Å². The summed E-state index contributed by atoms with van der Waals surface area (Å²) in [5, 5.41) is 25.0. The average molecular weight is 240 g/mol. The number of aromatic nitrogens is 3. The lowest BCUT2D eigenvalue weighted by atomic mass is 10.1. The lowest BCUT2D eigenvalue weighted by Crippen LogP contribution is -2.26. The van der Waals surface area contributed by atoms with Crippen molar-refractivity contribution in [2.75, 3.05) is 26.2 Å². The number of carboxylic acids is 1. The zero-order valence-electron chi connectivity index (χ0n) is 9.49. The van der Waals surface area contributed by atoms with Crippen LogP contribution >= 0.6 is 0 Å². The molecule has 0 saturated carbocycles. The van der Waals surface area contributed by atoms with Gasteiger partial charge in [-0.3, -0.25) is 4.68 Å². The summed E-state index contributed by atoms with van der Waals surface area (Å²) in [4.78, 5) is 12.8. The molecule has 0 aromatic carbocycles. The lowest BCUT2D eigenvalue weighted by Gasteiger charge is -2.14. The number of nitrogens with zero attached hydrogens (tertiary/aromatic N) is 4. The Morgan fingerprint density at radius 3 is 2.94 bits per heavy atom. The Balaban J connectivity index is 1.80. The van der Waals surface area contributed by atoms with Crippen LogP contribution in [0, 0.1) is 5.92 Å². The molecule has 1 atom stereocenters. The van der Waals surface area contributed by atoms with Gasteiger partial charge in [-0.2, -0.15) is 0 Å². The molecule has 2 rings (SSSR count). The molecule has 0 radical (unpaired) electrons. The Morgan fingerprint density at radius 2 is 2.35 bits per heavy atom. The number of aliphatic hydroxyl groups excluding tert-OH is 1. The molecular formula is C10H16N4O3. The molecule has 0 aliphatic carbocycles. The zero-order valence-corrected chi connectivity index (χ0v) is 9.49. The number of aromatic carboxylic acids is 1. The third kappa shape index (κ3) is 3.01. The molecule has 1 aromatic heterocycles. The van der Waals surface area contributed by atoms with Crippen molar-refractivity contribution in [3.8, 4) is 0 Å². The maximum absolute atomic E-state index is 10.6. The molecule has 1 fully saturated rings. The fraction of sp³-hybridized carbons (Fsp3) is 0.700. The molecule has 2 N–H and O–H groups in total. The van der Waals surface area contributed by atoms with E-state index in [0.29, 0.717) is 12.5 Å². The van der Waals surface area contributed by atoms with Gasteiger partial charge in [0.05, 0.1) is 12.7 Å². The Morgan fingerprint density at radius 1 is 1.53 bits per heavy atom. The molecule has 17 heavy (non-hydrogen) atoms. The molecule has 1 aromatic rings. The van der Waals surface area contributed by atoms with E-state index < -0.39 is 5.97 Å². The third-order valence-electron chi connectivity index (χ3n) is 3.03. The van der Waals surface area contributed by atoms with E-state index in [1.54, 1.807) is 0 Å². The van der Waals surface area contributed by atoms with Crippen molar-refractivity contribution in [1.82, 2.24) is 19.9 Å². The summed E-state index contributed by atoms with van der Waals surface area (Å²) in [7, 11) is 0. The normalized spacial score (nSPS) is 20.9. The summed E-state index contributed by atoms with van der Waals surface area (Å²) >= 11 is 0. The second-order valence-corrected chi connectivity index (χ2v) is 4.31. The van der Waals surface area contributed by atoms with Crippen LogP contribution in [0.15, 0.2) is 6.20 Å². The third-order valence-corrected chi connectivity index (χ3v) is 3.03. The van der Waals surface area contributed by atoms with Gasteiger partial charge in [0.2, 0.25) is 0 Å². The molecular weight excluding hydrogens is 224 g/mol. The monoisotopic (exact) mass is 240 g/mol. The van der Waals surface area contributed by atoms with Crippen LogP contribution in [-0.4, -0.2) is 62.3 Å². The van der Waals surface area contributed by atoms with Crippen LogP contribution in [0.1, 0.15) is 16.9 Å². The fourth-order valence-corrected chi connectivity index (χ4v) is 2.01. The molecule has 0 amide bonds. The van der Waals surface area contributed by atoms with Gasteiger partial charge in [-0.25, -0.2) is 4.79 Å². The summed E-state index contributed by atoms with van der Waals surface area (Å²) in [6.07, 6.45) is 2.45. The van der Waals surface area contributed by atoms with E-state index in [4.69, 9.17) is 10.2 Å². The van der Waals surface area contributed by atoms with Gasteiger partial charge in [-0.1, -0.05) is 5.21 Å². The second-order valence-electron chi connectivity index (χ2n) is 4.31. The summed E-state index contributed by atoms with van der Waals surface area (Å²) in [5.74, 6) is -0.682. The Hall–Kier alpha value is -1.47. The standard InChI is InChI=1S/C10H16N4O3/c15-7-8-1-2-13(5-8)3-4-14-6-9(10(16)17)11-12-14/h6,8,15H,1-5,7H2,(H,16,17). The summed E-state index contributed by atoms with van der Waals surface area (Å²) in [5.41, 5.74) is -0.0281. The van der Waals surface area contributed by atoms with E-state index in [1.165, 1.54) is 10.9 Å². The number of carboxylic acid groups (broad SMARTS) is 1. The smallest absolute Gasteiger partial charge is 0.358 e. The van der Waals surface area contributed by atoms with Crippen LogP contribution < -0.4 is 0 Å². The molecule has 1 unspecified atom stereocenters. The van der Waals surface area contributed by atoms with Crippen molar-refractivity contribution >= 4 is 5.97 Å². The average Bonchev–Trinajstić information content (AvgIpc) is 2.95. The van der Waals surface area contributed by atoms with Gasteiger partial charge in [0.1, 0.15) is 0 Å². The van der Waals surface area contributed by atoms with Crippen molar-refractivity contribution in [1.29, 1.82) is 0 Å². The van der Waals surface area contributed by atoms with E-state index in [2.05, 4.69) is 15.2 Å². The van der Waals surface area contributed by atoms with Crippen LogP contribution in [0.5, 0.6) is 0 Å². The first-order valence-electron chi connectivity index (χ1n) is 5.65. The van der Waals surface area contributed by atoms with Crippen molar-refractivity contribution in [3.63, 3.8) is 0 Å². The largest absolute Gasteiger partial charge is 0.476 e. The first kappa shape index (κ1) is 12.0. The molecule has 1 saturated heterocycles. The molecule has 2 heterocycles. The van der Waals surface area contributed by atoms with Crippen LogP contribution in [0.3, 0.4) is 0 Å². The summed E-state index contributed by atoms with van der Waals surface area (Å²) < 4.78 is 1.54. The SMILES string of the molecule is O=C(O)c1cn(CCN2CCC(CO)C2)nn1. The maximum Gasteiger partial charge on any atom is 0.358 e. The molecule has 0 spiro atoms. The topological polar surface area (TPSA) is 91.5 Å². The van der Waals surface area contributed by atoms with E-state index in [0.717, 1.165) is 26.1 Å². The Bertz CT molecular complexity index is 393. The Kier molecular flexibility index (Phi) is 3.70. The molecule has 94 valence electrons. The predicted molar refractivity (Wildman–Crippen MR) is 58.6 cm³/mol. The molecule has 0 bridgehead atoms. The highest BCUT2D eigenvalue weighted by atomic mass is 16.4. The molecule has 1 aliphatic heterocycles. The van der Waals surface area contributed by atoms with Crippen molar-refractivity contribution in [2.24, 2.45) is 5.92 Å². The number of hydrogen-bond donors (Lipinski definition) is 2. The van der Waals surface area contributed by atoms with Gasteiger partial charge in [0, 0.05) is 19.7 Å². The minimum atomic E-state index is -1.06. The van der Waals surface area contributed by atoms with Crippen LogP contribution in [0.25, 0.3) is 0 Å². The van der Waals surface area contributed by atoms with Crippen LogP contribution in [0.4, 0.5) is 0 Å². The van der Waals surface area contributed by atoms with E-state index in [9.17, 15) is 4.79 Å². The van der Waals surface area contributed by atoms with Gasteiger partial charge in [0.25, 0.3) is 0 Å². The molecule has 7 heteroatoms. The highest BCUT2D eigenvalue weighted by Crippen LogP contribution is 2.14. The minimum absolute atomic E-state index is 0.0281. The number of likely N-dealkylation sites (tertiary alicyclic amines) is 1. The zero-order chi connectivity index (χ0) is 12.3. The Labute approximate surface area is 98.7 Å². The van der Waals surface area contributed by atoms with Gasteiger partial charge in [-0.15, -0.1) is 5.10 Å². The summed E-state index contributed by atoms with van der Waals surface area (Å²) in [6.45, 7) is 3.54. The van der Waals surface area contributed by atoms with E-state index in [1.807, 2.05) is 0 Å². The highest BCUT2D eigenvalue weighted by molar-refractivity contribution is 5.84. The van der Waals surface area contributed by atoms with E-state index >= 15 is 0 Å². The highest BCUT2D eigenvalue weighted by Gasteiger charge is 2.21. The number of carbonyl (C=O) groups is 1. The quantitative estimate of drug-likeness (QED) is 0.706. The fourth-order valence-electron chi connectivity index (χ4n) is 2.01. The first-order chi connectivity index (χ1) is 8.19. The molecule has 7 nitrogen and oxygen atoms in total. The van der Waals surface area contributed by atoms with E-state index in [-0.39, 0.29) is 12.3 Å². The number of hydrogen-bond acceptors (Lipinski definition) is 5. The summed E-state index contributed by atoms with van der Waals surface area (Å²) in [6, 6.07) is 0. The molecule has 1 aliphatic rings. The van der Waals surface area contributed by atoms with Crippen molar-refractivity contribution < 1.29 is 15.0 Å². The van der Waals surface area contributed by atoms with Crippen LogP contribution in [0.2, 0.25) is 0 Å². The minimum Gasteiger partial charge on any atom is -0.476 e. The van der Waals surface area contributed by atoms with Crippen LogP contribution in [-0.2, 0) is 6.54 Å². The van der Waals surface area contributed by atoms with Gasteiger partial charge in [0.15, 0.2) is 5.69 Å².